The third-order valence-corrected chi connectivity index (χ3v) is 5.04. The zero-order chi connectivity index (χ0) is 18.0. The summed E-state index contributed by atoms with van der Waals surface area (Å²) in [6.45, 7) is 2.58. The van der Waals surface area contributed by atoms with Crippen LogP contribution in [0.1, 0.15) is 24.6 Å². The molecule has 1 heterocycles. The monoisotopic (exact) mass is 357 g/mol. The molecule has 0 saturated carbocycles. The molecule has 1 radical (unpaired) electrons. The van der Waals surface area contributed by atoms with Gasteiger partial charge in [-0.15, -0.1) is 0 Å². The number of rotatable bonds is 6. The van der Waals surface area contributed by atoms with Crippen molar-refractivity contribution in [3.63, 3.8) is 0 Å². The van der Waals surface area contributed by atoms with Crippen LogP contribution in [0.25, 0.3) is 21.2 Å². The van der Waals surface area contributed by atoms with Gasteiger partial charge in [-0.1, -0.05) is 0 Å². The Hall–Kier alpha value is -2.21. The molecule has 0 aliphatic carbocycles. The fraction of sp³-hybridized carbons (Fsp3) is 0.211. The minimum atomic E-state index is -0.486. The van der Waals surface area contributed by atoms with Gasteiger partial charge in [-0.3, -0.25) is 0 Å². The van der Waals surface area contributed by atoms with E-state index in [2.05, 4.69) is 6.92 Å². The zero-order valence-electron chi connectivity index (χ0n) is 13.7. The minimum absolute atomic E-state index is 0.285. The van der Waals surface area contributed by atoms with Crippen molar-refractivity contribution in [2.45, 2.75) is 19.8 Å². The molecule has 2 aromatic carbocycles. The number of halogens is 2. The summed E-state index contributed by atoms with van der Waals surface area (Å²) in [5.74, 6) is -0.438. The summed E-state index contributed by atoms with van der Waals surface area (Å²) in [5, 5.41) is 10.4. The summed E-state index contributed by atoms with van der Waals surface area (Å²) in [7, 11) is 5.56. The van der Waals surface area contributed by atoms with Gasteiger partial charge in [0.05, 0.1) is 0 Å². The SMILES string of the molecule is [B]=C(O)c1sc2cc(F)ccc2c1-c1ccc(OCCCC)cc1F. The number of hydrogen-bond donors (Lipinski definition) is 1. The first-order valence-electron chi connectivity index (χ1n) is 7.97. The molecule has 1 aromatic heterocycles. The van der Waals surface area contributed by atoms with E-state index in [4.69, 9.17) is 12.2 Å². The Labute approximate surface area is 149 Å². The molecule has 3 rings (SSSR count). The summed E-state index contributed by atoms with van der Waals surface area (Å²) < 4.78 is 34.3. The Morgan fingerprint density at radius 1 is 1.20 bits per heavy atom. The van der Waals surface area contributed by atoms with Crippen molar-refractivity contribution in [3.05, 3.63) is 52.9 Å². The summed E-state index contributed by atoms with van der Waals surface area (Å²) in [6.07, 6.45) is 1.89. The Morgan fingerprint density at radius 2 is 2.00 bits per heavy atom. The van der Waals surface area contributed by atoms with Crippen LogP contribution in [0.4, 0.5) is 8.78 Å². The number of aliphatic hydroxyl groups excluding tert-OH is 1. The van der Waals surface area contributed by atoms with Crippen LogP contribution < -0.4 is 4.74 Å². The third kappa shape index (κ3) is 3.59. The molecule has 3 aromatic rings. The van der Waals surface area contributed by atoms with Crippen molar-refractivity contribution in [1.82, 2.24) is 0 Å². The Bertz CT molecular complexity index is 937. The molecular formula is C19H16BF2O2S. The molecule has 0 amide bonds. The first-order valence-corrected chi connectivity index (χ1v) is 8.79. The number of ether oxygens (including phenoxy) is 1. The number of unbranched alkanes of at least 4 members (excludes halogenated alkanes) is 1. The maximum atomic E-state index is 14.7. The maximum absolute atomic E-state index is 14.7. The first-order chi connectivity index (χ1) is 12.0. The second-order valence-electron chi connectivity index (χ2n) is 5.68. The van der Waals surface area contributed by atoms with Gasteiger partial charge < -0.3 is 0 Å². The Balaban J connectivity index is 2.09. The van der Waals surface area contributed by atoms with Crippen LogP contribution in [0.3, 0.4) is 0 Å². The summed E-state index contributed by atoms with van der Waals surface area (Å²) in [5.41, 5.74) is 0.324. The predicted molar refractivity (Wildman–Crippen MR) is 99.4 cm³/mol. The number of fused-ring (bicyclic) bond motifs is 1. The summed E-state index contributed by atoms with van der Waals surface area (Å²) in [6, 6.07) is 8.79. The topological polar surface area (TPSA) is 29.5 Å². The van der Waals surface area contributed by atoms with E-state index in [1.165, 1.54) is 18.2 Å². The van der Waals surface area contributed by atoms with E-state index in [0.29, 0.717) is 32.9 Å². The molecule has 6 heteroatoms. The molecule has 0 aliphatic rings. The predicted octanol–water partition coefficient (Wildman–Crippen LogP) is 5.04. The fourth-order valence-electron chi connectivity index (χ4n) is 2.64. The summed E-state index contributed by atoms with van der Waals surface area (Å²) >= 11 is 1.12. The van der Waals surface area contributed by atoms with Gasteiger partial charge in [-0.25, -0.2) is 0 Å². The molecule has 0 saturated heterocycles. The average Bonchev–Trinajstić information content (AvgIpc) is 2.94. The number of hydrogen-bond acceptors (Lipinski definition) is 3. The standard InChI is InChI=1S/C19H16BF2O2S/c1-2-3-8-24-12-5-7-13(15(22)10-12)17-14-6-4-11(21)9-16(14)25-18(17)19(20)23/h4-7,9-10,23H,2-3,8H2,1H3. The third-order valence-electron chi connectivity index (χ3n) is 3.86. The van der Waals surface area contributed by atoms with Gasteiger partial charge in [-0.05, 0) is 0 Å². The van der Waals surface area contributed by atoms with Crippen LogP contribution in [0.2, 0.25) is 0 Å². The van der Waals surface area contributed by atoms with Gasteiger partial charge in [-0.2, -0.15) is 0 Å². The van der Waals surface area contributed by atoms with Gasteiger partial charge in [0.25, 0.3) is 0 Å². The van der Waals surface area contributed by atoms with Crippen LogP contribution in [0.15, 0.2) is 36.4 Å². The average molecular weight is 357 g/mol. The van der Waals surface area contributed by atoms with Gasteiger partial charge >= 0.3 is 149 Å². The van der Waals surface area contributed by atoms with Crippen molar-refractivity contribution in [3.8, 4) is 16.9 Å². The second kappa shape index (κ2) is 7.36. The van der Waals surface area contributed by atoms with E-state index >= 15 is 0 Å². The molecule has 2 nitrogen and oxygen atoms in total. The molecule has 127 valence electrons. The Morgan fingerprint density at radius 3 is 2.68 bits per heavy atom. The van der Waals surface area contributed by atoms with E-state index < -0.39 is 17.3 Å². The first kappa shape index (κ1) is 17.6. The van der Waals surface area contributed by atoms with E-state index in [-0.39, 0.29) is 5.56 Å². The van der Waals surface area contributed by atoms with E-state index in [1.54, 1.807) is 18.2 Å². The van der Waals surface area contributed by atoms with Crippen molar-refractivity contribution < 1.29 is 18.6 Å². The molecule has 1 N–H and O–H groups in total. The van der Waals surface area contributed by atoms with Crippen molar-refractivity contribution in [1.29, 1.82) is 0 Å². The molecule has 0 spiro atoms. The second-order valence-corrected chi connectivity index (χ2v) is 6.73. The Kier molecular flexibility index (Phi) is 5.18. The van der Waals surface area contributed by atoms with Crippen LogP contribution >= 0.6 is 11.3 Å². The van der Waals surface area contributed by atoms with Crippen LogP contribution in [0.5, 0.6) is 5.75 Å². The van der Waals surface area contributed by atoms with E-state index in [1.807, 2.05) is 0 Å². The molecule has 0 aliphatic heterocycles. The van der Waals surface area contributed by atoms with Crippen LogP contribution in [-0.4, -0.2) is 24.9 Å². The fourth-order valence-corrected chi connectivity index (χ4v) is 3.74. The number of aliphatic hydroxyl groups is 1. The molecule has 0 atom stereocenters. The van der Waals surface area contributed by atoms with Crippen molar-refractivity contribution in [2.24, 2.45) is 0 Å². The number of benzene rings is 2. The molecule has 0 unspecified atom stereocenters. The van der Waals surface area contributed by atoms with Gasteiger partial charge in [0.2, 0.25) is 0 Å². The zero-order valence-corrected chi connectivity index (χ0v) is 14.5. The molecule has 25 heavy (non-hydrogen) atoms. The van der Waals surface area contributed by atoms with Crippen LogP contribution in [0, 0.1) is 11.6 Å². The molecule has 0 fully saturated rings. The van der Waals surface area contributed by atoms with Crippen molar-refractivity contribution in [2.75, 3.05) is 6.61 Å². The van der Waals surface area contributed by atoms with E-state index in [0.717, 1.165) is 24.2 Å². The summed E-state index contributed by atoms with van der Waals surface area (Å²) in [4.78, 5) is 0.319. The van der Waals surface area contributed by atoms with Crippen molar-refractivity contribution >= 4 is 34.6 Å². The molecular weight excluding hydrogens is 341 g/mol. The van der Waals surface area contributed by atoms with Crippen LogP contribution in [-0.2, 0) is 0 Å². The van der Waals surface area contributed by atoms with E-state index in [9.17, 15) is 13.9 Å². The number of thiophene rings is 1. The van der Waals surface area contributed by atoms with Gasteiger partial charge in [0.1, 0.15) is 0 Å². The quantitative estimate of drug-likeness (QED) is 0.495. The van der Waals surface area contributed by atoms with Gasteiger partial charge in [0.15, 0.2) is 0 Å². The normalized spacial score (nSPS) is 11.0. The molecule has 0 bridgehead atoms. The van der Waals surface area contributed by atoms with Gasteiger partial charge in [0, 0.05) is 0 Å².